The van der Waals surface area contributed by atoms with E-state index in [0.717, 1.165) is 12.0 Å². The van der Waals surface area contributed by atoms with Crippen LogP contribution >= 0.6 is 22.6 Å². The molecule has 0 spiro atoms. The summed E-state index contributed by atoms with van der Waals surface area (Å²) in [5.41, 5.74) is 1.00. The van der Waals surface area contributed by atoms with Crippen molar-refractivity contribution in [1.82, 2.24) is 0 Å². The van der Waals surface area contributed by atoms with Crippen LogP contribution in [0.3, 0.4) is 0 Å². The predicted octanol–water partition coefficient (Wildman–Crippen LogP) is 3.26. The van der Waals surface area contributed by atoms with Gasteiger partial charge in [-0.25, -0.2) is 4.79 Å². The van der Waals surface area contributed by atoms with E-state index < -0.39 is 0 Å². The molecular weight excluding hydrogens is 303 g/mol. The van der Waals surface area contributed by atoms with Crippen molar-refractivity contribution < 1.29 is 9.53 Å². The highest BCUT2D eigenvalue weighted by Gasteiger charge is 1.94. The highest BCUT2D eigenvalue weighted by molar-refractivity contribution is 14.1. The third-order valence-corrected chi connectivity index (χ3v) is 2.45. The maximum atomic E-state index is 11.1. The van der Waals surface area contributed by atoms with E-state index in [0.29, 0.717) is 6.61 Å². The zero-order valence-corrected chi connectivity index (χ0v) is 10.7. The monoisotopic (exact) mass is 316 g/mol. The van der Waals surface area contributed by atoms with E-state index in [-0.39, 0.29) is 5.97 Å². The maximum Gasteiger partial charge on any atom is 0.330 e. The number of benzene rings is 1. The van der Waals surface area contributed by atoms with Gasteiger partial charge in [0.25, 0.3) is 0 Å². The van der Waals surface area contributed by atoms with Crippen LogP contribution in [0.25, 0.3) is 6.08 Å². The number of rotatable bonds is 4. The lowest BCUT2D eigenvalue weighted by molar-refractivity contribution is -0.137. The Hall–Kier alpha value is -0.840. The molecule has 2 nitrogen and oxygen atoms in total. The molecule has 0 amide bonds. The van der Waals surface area contributed by atoms with Crippen LogP contribution in [0.2, 0.25) is 0 Å². The molecule has 0 heterocycles. The number of hydrogen-bond donors (Lipinski definition) is 0. The Morgan fingerprint density at radius 1 is 1.40 bits per heavy atom. The van der Waals surface area contributed by atoms with Crippen molar-refractivity contribution in [3.05, 3.63) is 39.5 Å². The van der Waals surface area contributed by atoms with Gasteiger partial charge in [-0.1, -0.05) is 19.1 Å². The average molecular weight is 316 g/mol. The number of esters is 1. The van der Waals surface area contributed by atoms with Gasteiger partial charge in [0.05, 0.1) is 6.61 Å². The first-order valence-electron chi connectivity index (χ1n) is 4.83. The van der Waals surface area contributed by atoms with Gasteiger partial charge in [-0.3, -0.25) is 0 Å². The third kappa shape index (κ3) is 4.97. The number of carbonyl (C=O) groups is 1. The lowest BCUT2D eigenvalue weighted by Gasteiger charge is -1.97. The third-order valence-electron chi connectivity index (χ3n) is 1.73. The summed E-state index contributed by atoms with van der Waals surface area (Å²) in [6, 6.07) is 7.92. The van der Waals surface area contributed by atoms with Crippen LogP contribution < -0.4 is 0 Å². The number of ether oxygens (including phenoxy) is 1. The van der Waals surface area contributed by atoms with E-state index in [1.54, 1.807) is 6.08 Å². The standard InChI is InChI=1S/C12H13IO2/c1-2-9-15-12(14)8-5-10-3-6-11(13)7-4-10/h3-8H,2,9H2,1H3. The summed E-state index contributed by atoms with van der Waals surface area (Å²) in [4.78, 5) is 11.1. The molecular formula is C12H13IO2. The highest BCUT2D eigenvalue weighted by Crippen LogP contribution is 2.08. The Morgan fingerprint density at radius 3 is 2.67 bits per heavy atom. The topological polar surface area (TPSA) is 26.3 Å². The minimum atomic E-state index is -0.282. The molecule has 15 heavy (non-hydrogen) atoms. The highest BCUT2D eigenvalue weighted by atomic mass is 127. The van der Waals surface area contributed by atoms with Gasteiger partial charge in [-0.2, -0.15) is 0 Å². The van der Waals surface area contributed by atoms with Crippen LogP contribution in [0, 0.1) is 3.57 Å². The SMILES string of the molecule is CCCOC(=O)C=Cc1ccc(I)cc1. The first-order chi connectivity index (χ1) is 7.22. The van der Waals surface area contributed by atoms with Gasteiger partial charge in [-0.05, 0) is 52.8 Å². The molecule has 1 aromatic carbocycles. The molecule has 1 rings (SSSR count). The van der Waals surface area contributed by atoms with Gasteiger partial charge < -0.3 is 4.74 Å². The van der Waals surface area contributed by atoms with Gasteiger partial charge in [0.1, 0.15) is 0 Å². The molecule has 0 fully saturated rings. The summed E-state index contributed by atoms with van der Waals surface area (Å²) in [7, 11) is 0. The smallest absolute Gasteiger partial charge is 0.330 e. The van der Waals surface area contributed by atoms with E-state index in [9.17, 15) is 4.79 Å². The van der Waals surface area contributed by atoms with Crippen molar-refractivity contribution in [3.63, 3.8) is 0 Å². The molecule has 0 bridgehead atoms. The fraction of sp³-hybridized carbons (Fsp3) is 0.250. The molecule has 0 aliphatic rings. The number of hydrogen-bond acceptors (Lipinski definition) is 2. The van der Waals surface area contributed by atoms with Crippen LogP contribution in [0.1, 0.15) is 18.9 Å². The Morgan fingerprint density at radius 2 is 2.07 bits per heavy atom. The maximum absolute atomic E-state index is 11.1. The van der Waals surface area contributed by atoms with E-state index >= 15 is 0 Å². The lowest BCUT2D eigenvalue weighted by atomic mass is 10.2. The molecule has 3 heteroatoms. The second-order valence-electron chi connectivity index (χ2n) is 3.05. The Labute approximate surface area is 103 Å². The number of carbonyl (C=O) groups excluding carboxylic acids is 1. The summed E-state index contributed by atoms with van der Waals surface area (Å²) < 4.78 is 6.09. The Kier molecular flexibility index (Phi) is 5.39. The van der Waals surface area contributed by atoms with Crippen LogP contribution in [0.5, 0.6) is 0 Å². The second-order valence-corrected chi connectivity index (χ2v) is 4.30. The second kappa shape index (κ2) is 6.61. The van der Waals surface area contributed by atoms with E-state index in [2.05, 4.69) is 22.6 Å². The van der Waals surface area contributed by atoms with E-state index in [1.165, 1.54) is 9.65 Å². The van der Waals surface area contributed by atoms with Gasteiger partial charge >= 0.3 is 5.97 Å². The quantitative estimate of drug-likeness (QED) is 0.484. The van der Waals surface area contributed by atoms with Gasteiger partial charge in [0.2, 0.25) is 0 Å². The van der Waals surface area contributed by atoms with E-state index in [4.69, 9.17) is 4.74 Å². The van der Waals surface area contributed by atoms with Crippen molar-refractivity contribution in [3.8, 4) is 0 Å². The van der Waals surface area contributed by atoms with Crippen molar-refractivity contribution in [1.29, 1.82) is 0 Å². The summed E-state index contributed by atoms with van der Waals surface area (Å²) >= 11 is 2.24. The van der Waals surface area contributed by atoms with Crippen LogP contribution in [0.4, 0.5) is 0 Å². The molecule has 0 N–H and O–H groups in total. The number of halogens is 1. The first-order valence-corrected chi connectivity index (χ1v) is 5.90. The van der Waals surface area contributed by atoms with Gasteiger partial charge in [-0.15, -0.1) is 0 Å². The molecule has 0 unspecified atom stereocenters. The molecule has 80 valence electrons. The minimum absolute atomic E-state index is 0.282. The largest absolute Gasteiger partial charge is 0.463 e. The lowest BCUT2D eigenvalue weighted by Crippen LogP contribution is -2.00. The molecule has 0 atom stereocenters. The Balaban J connectivity index is 2.50. The molecule has 0 aromatic heterocycles. The average Bonchev–Trinajstić information content (AvgIpc) is 2.25. The van der Waals surface area contributed by atoms with E-state index in [1.807, 2.05) is 31.2 Å². The molecule has 0 radical (unpaired) electrons. The minimum Gasteiger partial charge on any atom is -0.463 e. The van der Waals surface area contributed by atoms with Crippen LogP contribution in [0.15, 0.2) is 30.3 Å². The summed E-state index contributed by atoms with van der Waals surface area (Å²) in [5, 5.41) is 0. The van der Waals surface area contributed by atoms with Gasteiger partial charge in [0.15, 0.2) is 0 Å². The molecule has 0 aliphatic carbocycles. The van der Waals surface area contributed by atoms with Gasteiger partial charge in [0, 0.05) is 9.65 Å². The fourth-order valence-corrected chi connectivity index (χ4v) is 1.35. The normalized spacial score (nSPS) is 10.5. The zero-order chi connectivity index (χ0) is 11.1. The molecule has 0 saturated carbocycles. The van der Waals surface area contributed by atoms with Crippen molar-refractivity contribution in [2.75, 3.05) is 6.61 Å². The molecule has 0 saturated heterocycles. The fourth-order valence-electron chi connectivity index (χ4n) is 0.989. The molecule has 0 aliphatic heterocycles. The summed E-state index contributed by atoms with van der Waals surface area (Å²) in [5.74, 6) is -0.282. The summed E-state index contributed by atoms with van der Waals surface area (Å²) in [6.45, 7) is 2.45. The van der Waals surface area contributed by atoms with Crippen molar-refractivity contribution in [2.45, 2.75) is 13.3 Å². The molecule has 1 aromatic rings. The summed E-state index contributed by atoms with van der Waals surface area (Å²) in [6.07, 6.45) is 4.06. The van der Waals surface area contributed by atoms with Crippen LogP contribution in [-0.4, -0.2) is 12.6 Å². The van der Waals surface area contributed by atoms with Crippen molar-refractivity contribution >= 4 is 34.6 Å². The van der Waals surface area contributed by atoms with Crippen molar-refractivity contribution in [2.24, 2.45) is 0 Å². The zero-order valence-electron chi connectivity index (χ0n) is 8.57. The predicted molar refractivity (Wildman–Crippen MR) is 69.4 cm³/mol. The van der Waals surface area contributed by atoms with Crippen LogP contribution in [-0.2, 0) is 9.53 Å². The Bertz CT molecular complexity index is 341. The first kappa shape index (κ1) is 12.2.